The van der Waals surface area contributed by atoms with E-state index < -0.39 is 0 Å². The molecule has 1 fully saturated rings. The predicted molar refractivity (Wildman–Crippen MR) is 107 cm³/mol. The van der Waals surface area contributed by atoms with Crippen molar-refractivity contribution in [1.82, 2.24) is 25.3 Å². The Kier molecular flexibility index (Phi) is 8.26. The smallest absolute Gasteiger partial charge is 0.279 e. The monoisotopic (exact) mass is 401 g/mol. The van der Waals surface area contributed by atoms with Gasteiger partial charge in [0.15, 0.2) is 5.69 Å². The van der Waals surface area contributed by atoms with Crippen LogP contribution in [-0.4, -0.2) is 53.1 Å². The van der Waals surface area contributed by atoms with E-state index in [1.165, 1.54) is 0 Å². The molecule has 3 rings (SSSR count). The maximum atomic E-state index is 12.5. The van der Waals surface area contributed by atoms with Crippen molar-refractivity contribution < 1.29 is 4.79 Å². The number of carbonyl (C=O) groups excluding carboxylic acids is 1. The fourth-order valence-corrected chi connectivity index (χ4v) is 2.85. The first-order valence-electron chi connectivity index (χ1n) is 8.13. The van der Waals surface area contributed by atoms with Crippen LogP contribution in [0.3, 0.4) is 0 Å². The van der Waals surface area contributed by atoms with E-state index in [0.29, 0.717) is 17.6 Å². The van der Waals surface area contributed by atoms with E-state index in [2.05, 4.69) is 25.9 Å². The summed E-state index contributed by atoms with van der Waals surface area (Å²) < 4.78 is 1.87. The molecule has 0 saturated carbocycles. The zero-order chi connectivity index (χ0) is 17.1. The molecule has 1 aliphatic rings. The molecular weight excluding hydrogens is 377 g/mol. The number of nitrogens with one attached hydrogen (secondary N) is 2. The first-order valence-corrected chi connectivity index (χ1v) is 8.13. The summed E-state index contributed by atoms with van der Waals surface area (Å²) in [7, 11) is 3.88. The molecule has 1 amide bonds. The Labute approximate surface area is 165 Å². The van der Waals surface area contributed by atoms with E-state index in [1.54, 1.807) is 12.3 Å². The molecule has 10 heteroatoms. The topological polar surface area (TPSA) is 88.0 Å². The van der Waals surface area contributed by atoms with E-state index in [0.717, 1.165) is 37.3 Å². The van der Waals surface area contributed by atoms with Gasteiger partial charge in [-0.15, -0.1) is 29.9 Å². The number of hydrogen-bond acceptors (Lipinski definition) is 6. The molecule has 8 nitrogen and oxygen atoms in total. The van der Waals surface area contributed by atoms with E-state index >= 15 is 0 Å². The molecule has 0 spiro atoms. The molecular formula is C16H25Cl2N7O. The Morgan fingerprint density at radius 1 is 1.27 bits per heavy atom. The van der Waals surface area contributed by atoms with Crippen LogP contribution in [0, 0.1) is 6.92 Å². The third-order valence-corrected chi connectivity index (χ3v) is 4.30. The van der Waals surface area contributed by atoms with Crippen molar-refractivity contribution in [3.63, 3.8) is 0 Å². The summed E-state index contributed by atoms with van der Waals surface area (Å²) in [6.07, 6.45) is 3.71. The van der Waals surface area contributed by atoms with Crippen molar-refractivity contribution >= 4 is 42.2 Å². The SMILES string of the molecule is Cc1c(C(=O)Nc2ccc(N(C)C)cn2)nnn1C1CCNCC1.Cl.Cl. The van der Waals surface area contributed by atoms with Crippen LogP contribution < -0.4 is 15.5 Å². The van der Waals surface area contributed by atoms with E-state index in [4.69, 9.17) is 0 Å². The summed E-state index contributed by atoms with van der Waals surface area (Å²) in [5.41, 5.74) is 2.12. The standard InChI is InChI=1S/C16H23N7O.2ClH/c1-11-15(20-21-23(11)12-6-8-17-9-7-12)16(24)19-14-5-4-13(10-18-14)22(2)3;;/h4-5,10,12,17H,6-9H2,1-3H3,(H,18,19,24);2*1H. The molecule has 0 radical (unpaired) electrons. The van der Waals surface area contributed by atoms with Gasteiger partial charge in [0.2, 0.25) is 0 Å². The van der Waals surface area contributed by atoms with Crippen molar-refractivity contribution in [2.24, 2.45) is 0 Å². The lowest BCUT2D eigenvalue weighted by molar-refractivity contribution is 0.102. The normalized spacial score (nSPS) is 14.1. The van der Waals surface area contributed by atoms with Crippen molar-refractivity contribution in [2.45, 2.75) is 25.8 Å². The highest BCUT2D eigenvalue weighted by Gasteiger charge is 2.23. The number of pyridine rings is 1. The molecule has 2 aromatic heterocycles. The Hall–Kier alpha value is -1.90. The van der Waals surface area contributed by atoms with E-state index in [1.807, 2.05) is 36.7 Å². The van der Waals surface area contributed by atoms with Crippen LogP contribution in [0.25, 0.3) is 0 Å². The first kappa shape index (κ1) is 22.1. The van der Waals surface area contributed by atoms with Crippen LogP contribution in [0.2, 0.25) is 0 Å². The maximum absolute atomic E-state index is 12.5. The second-order valence-electron chi connectivity index (χ2n) is 6.20. The Morgan fingerprint density at radius 3 is 2.54 bits per heavy atom. The minimum atomic E-state index is -0.280. The van der Waals surface area contributed by atoms with Gasteiger partial charge in [0.05, 0.1) is 23.6 Å². The number of rotatable bonds is 4. The van der Waals surface area contributed by atoms with Gasteiger partial charge in [-0.25, -0.2) is 9.67 Å². The highest BCUT2D eigenvalue weighted by Crippen LogP contribution is 2.21. The molecule has 2 N–H and O–H groups in total. The summed E-state index contributed by atoms with van der Waals surface area (Å²) in [5, 5.41) is 14.4. The number of halogens is 2. The molecule has 26 heavy (non-hydrogen) atoms. The highest BCUT2D eigenvalue weighted by molar-refractivity contribution is 6.03. The molecule has 1 aliphatic heterocycles. The van der Waals surface area contributed by atoms with Gasteiger partial charge in [0, 0.05) is 14.1 Å². The van der Waals surface area contributed by atoms with Gasteiger partial charge in [-0.05, 0) is 45.0 Å². The number of nitrogens with zero attached hydrogens (tertiary/aromatic N) is 5. The minimum absolute atomic E-state index is 0. The van der Waals surface area contributed by atoms with Crippen molar-refractivity contribution in [3.8, 4) is 0 Å². The van der Waals surface area contributed by atoms with Crippen LogP contribution in [0.1, 0.15) is 35.1 Å². The molecule has 0 aliphatic carbocycles. The van der Waals surface area contributed by atoms with Gasteiger partial charge in [-0.1, -0.05) is 5.21 Å². The zero-order valence-electron chi connectivity index (χ0n) is 15.1. The minimum Gasteiger partial charge on any atom is -0.376 e. The van der Waals surface area contributed by atoms with Gasteiger partial charge in [0.25, 0.3) is 5.91 Å². The molecule has 1 saturated heterocycles. The van der Waals surface area contributed by atoms with Crippen LogP contribution in [0.4, 0.5) is 11.5 Å². The predicted octanol–water partition coefficient (Wildman–Crippen LogP) is 2.07. The van der Waals surface area contributed by atoms with Gasteiger partial charge >= 0.3 is 0 Å². The van der Waals surface area contributed by atoms with Crippen molar-refractivity contribution in [2.75, 3.05) is 37.4 Å². The maximum Gasteiger partial charge on any atom is 0.279 e. The second-order valence-corrected chi connectivity index (χ2v) is 6.20. The average molecular weight is 402 g/mol. The van der Waals surface area contributed by atoms with E-state index in [-0.39, 0.29) is 30.7 Å². The highest BCUT2D eigenvalue weighted by atomic mass is 35.5. The number of anilines is 2. The lowest BCUT2D eigenvalue weighted by Gasteiger charge is -2.23. The van der Waals surface area contributed by atoms with Gasteiger partial charge < -0.3 is 15.5 Å². The Bertz CT molecular complexity index is 712. The van der Waals surface area contributed by atoms with Crippen LogP contribution in [-0.2, 0) is 0 Å². The first-order chi connectivity index (χ1) is 11.6. The van der Waals surface area contributed by atoms with Crippen LogP contribution in [0.5, 0.6) is 0 Å². The molecule has 0 aromatic carbocycles. The summed E-state index contributed by atoms with van der Waals surface area (Å²) in [4.78, 5) is 18.7. The molecule has 0 bridgehead atoms. The lowest BCUT2D eigenvalue weighted by Crippen LogP contribution is -2.30. The van der Waals surface area contributed by atoms with Gasteiger partial charge in [-0.2, -0.15) is 0 Å². The fourth-order valence-electron chi connectivity index (χ4n) is 2.85. The van der Waals surface area contributed by atoms with Crippen molar-refractivity contribution in [3.05, 3.63) is 29.7 Å². The number of amides is 1. The number of aromatic nitrogens is 4. The molecule has 144 valence electrons. The summed E-state index contributed by atoms with van der Waals surface area (Å²) in [5.74, 6) is 0.221. The largest absolute Gasteiger partial charge is 0.376 e. The van der Waals surface area contributed by atoms with Crippen molar-refractivity contribution in [1.29, 1.82) is 0 Å². The van der Waals surface area contributed by atoms with Gasteiger partial charge in [0.1, 0.15) is 5.82 Å². The van der Waals surface area contributed by atoms with E-state index in [9.17, 15) is 4.79 Å². The number of carbonyl (C=O) groups is 1. The summed E-state index contributed by atoms with van der Waals surface area (Å²) in [6.45, 7) is 3.82. The summed E-state index contributed by atoms with van der Waals surface area (Å²) >= 11 is 0. The van der Waals surface area contributed by atoms with Gasteiger partial charge in [-0.3, -0.25) is 4.79 Å². The third-order valence-electron chi connectivity index (χ3n) is 4.30. The Balaban J connectivity index is 0.00000169. The molecule has 3 heterocycles. The quantitative estimate of drug-likeness (QED) is 0.814. The number of piperidine rings is 1. The molecule has 2 aromatic rings. The molecule has 0 unspecified atom stereocenters. The molecule has 0 atom stereocenters. The second kappa shape index (κ2) is 9.70. The summed E-state index contributed by atoms with van der Waals surface area (Å²) in [6, 6.07) is 3.99. The average Bonchev–Trinajstić information content (AvgIpc) is 2.98. The lowest BCUT2D eigenvalue weighted by atomic mass is 10.1. The third kappa shape index (κ3) is 4.84. The fraction of sp³-hybridized carbons (Fsp3) is 0.500. The van der Waals surface area contributed by atoms with Crippen LogP contribution in [0.15, 0.2) is 18.3 Å². The zero-order valence-corrected chi connectivity index (χ0v) is 16.7. The Morgan fingerprint density at radius 2 is 1.96 bits per heavy atom. The van der Waals surface area contributed by atoms with Crippen LogP contribution >= 0.6 is 24.8 Å². The number of hydrogen-bond donors (Lipinski definition) is 2.